The molecule has 3 aromatic heterocycles. The van der Waals surface area contributed by atoms with Crippen LogP contribution in [0.5, 0.6) is 0 Å². The first-order valence-corrected chi connectivity index (χ1v) is 8.86. The van der Waals surface area contributed by atoms with Crippen molar-refractivity contribution < 1.29 is 9.53 Å². The van der Waals surface area contributed by atoms with Crippen LogP contribution in [0.3, 0.4) is 0 Å². The Hall–Kier alpha value is -0.860. The van der Waals surface area contributed by atoms with E-state index in [1.807, 2.05) is 6.92 Å². The molecule has 0 aliphatic heterocycles. The smallest absolute Gasteiger partial charge is 0.355 e. The van der Waals surface area contributed by atoms with Crippen LogP contribution in [0.1, 0.15) is 22.3 Å². The Morgan fingerprint density at radius 1 is 1.35 bits per heavy atom. The summed E-state index contributed by atoms with van der Waals surface area (Å²) in [6, 6.07) is 6.38. The number of aryl methyl sites for hydroxylation is 1. The van der Waals surface area contributed by atoms with Crippen molar-refractivity contribution >= 4 is 61.5 Å². The van der Waals surface area contributed by atoms with Crippen molar-refractivity contribution in [1.82, 2.24) is 4.98 Å². The van der Waals surface area contributed by atoms with Crippen molar-refractivity contribution in [2.45, 2.75) is 13.8 Å². The number of H-pyrrole nitrogens is 1. The first-order chi connectivity index (χ1) is 9.60. The molecule has 3 aromatic rings. The predicted molar refractivity (Wildman–Crippen MR) is 92.9 cm³/mol. The fourth-order valence-corrected chi connectivity index (χ4v) is 4.96. The molecule has 1 N–H and O–H groups in total. The lowest BCUT2D eigenvalue weighted by Crippen LogP contribution is -2.06. The fraction of sp³-hybridized carbons (Fsp3) is 0.214. The summed E-state index contributed by atoms with van der Waals surface area (Å²) in [5.74, 6) is -0.284. The molecule has 0 aliphatic carbocycles. The number of aromatic nitrogens is 1. The standard InChI is InChI=1S/C14H12INO2S2/c1-3-18-14(17)12-11(15)13-8(16-12)6-10(20-13)9-5-4-7(2)19-9/h4-6,16H,3H2,1-2H3. The van der Waals surface area contributed by atoms with Crippen LogP contribution >= 0.6 is 45.3 Å². The molecular formula is C14H12INO2S2. The zero-order chi connectivity index (χ0) is 14.3. The summed E-state index contributed by atoms with van der Waals surface area (Å²) >= 11 is 5.71. The maximum absolute atomic E-state index is 11.8. The molecule has 0 aliphatic rings. The van der Waals surface area contributed by atoms with Gasteiger partial charge in [-0.15, -0.1) is 22.7 Å². The molecule has 0 bridgehead atoms. The molecule has 3 rings (SSSR count). The Morgan fingerprint density at radius 2 is 2.15 bits per heavy atom. The van der Waals surface area contributed by atoms with Gasteiger partial charge in [0.05, 0.1) is 20.4 Å². The molecule has 0 unspecified atom stereocenters. The molecule has 20 heavy (non-hydrogen) atoms. The number of esters is 1. The van der Waals surface area contributed by atoms with Gasteiger partial charge in [-0.3, -0.25) is 0 Å². The highest BCUT2D eigenvalue weighted by Gasteiger charge is 2.19. The first kappa shape index (κ1) is 14.1. The van der Waals surface area contributed by atoms with Crippen LogP contribution in [0.4, 0.5) is 0 Å². The van der Waals surface area contributed by atoms with E-state index in [2.05, 4.69) is 52.7 Å². The van der Waals surface area contributed by atoms with Gasteiger partial charge in [0, 0.05) is 14.6 Å². The topological polar surface area (TPSA) is 42.1 Å². The maximum atomic E-state index is 11.8. The number of nitrogens with one attached hydrogen (secondary N) is 1. The molecule has 0 saturated heterocycles. The average molecular weight is 417 g/mol. The van der Waals surface area contributed by atoms with Crippen molar-refractivity contribution in [3.8, 4) is 9.75 Å². The fourth-order valence-electron chi connectivity index (χ4n) is 1.98. The SMILES string of the molecule is CCOC(=O)c1[nH]c2cc(-c3ccc(C)s3)sc2c1I. The second-order valence-electron chi connectivity index (χ2n) is 4.30. The number of hydrogen-bond acceptors (Lipinski definition) is 4. The highest BCUT2D eigenvalue weighted by molar-refractivity contribution is 14.1. The van der Waals surface area contributed by atoms with Crippen LogP contribution in [-0.4, -0.2) is 17.6 Å². The van der Waals surface area contributed by atoms with Crippen LogP contribution in [0.15, 0.2) is 18.2 Å². The number of rotatable bonds is 3. The molecule has 0 atom stereocenters. The van der Waals surface area contributed by atoms with Gasteiger partial charge in [-0.05, 0) is 54.6 Å². The van der Waals surface area contributed by atoms with Crippen LogP contribution < -0.4 is 0 Å². The normalized spacial score (nSPS) is 11.2. The number of ether oxygens (including phenoxy) is 1. The summed E-state index contributed by atoms with van der Waals surface area (Å²) in [5, 5.41) is 0. The van der Waals surface area contributed by atoms with E-state index in [0.29, 0.717) is 12.3 Å². The van der Waals surface area contributed by atoms with Gasteiger partial charge in [-0.2, -0.15) is 0 Å². The van der Waals surface area contributed by atoms with Crippen LogP contribution in [0.25, 0.3) is 20.0 Å². The Morgan fingerprint density at radius 3 is 2.75 bits per heavy atom. The van der Waals surface area contributed by atoms with Crippen LogP contribution in [-0.2, 0) is 4.74 Å². The minimum Gasteiger partial charge on any atom is -0.461 e. The third-order valence-corrected chi connectivity index (χ3v) is 6.67. The molecule has 0 fully saturated rings. The van der Waals surface area contributed by atoms with E-state index in [1.54, 1.807) is 22.7 Å². The lowest BCUT2D eigenvalue weighted by atomic mass is 10.3. The molecular weight excluding hydrogens is 405 g/mol. The average Bonchev–Trinajstić information content (AvgIpc) is 3.06. The Kier molecular flexibility index (Phi) is 3.87. The van der Waals surface area contributed by atoms with Gasteiger partial charge in [0.15, 0.2) is 0 Å². The molecule has 104 valence electrons. The molecule has 0 saturated carbocycles. The van der Waals surface area contributed by atoms with Gasteiger partial charge in [-0.25, -0.2) is 4.79 Å². The molecule has 0 amide bonds. The summed E-state index contributed by atoms with van der Waals surface area (Å²) in [5.41, 5.74) is 1.56. The molecule has 3 heterocycles. The van der Waals surface area contributed by atoms with E-state index in [0.717, 1.165) is 13.8 Å². The van der Waals surface area contributed by atoms with Gasteiger partial charge < -0.3 is 9.72 Å². The minimum absolute atomic E-state index is 0.284. The number of carbonyl (C=O) groups is 1. The Bertz CT molecular complexity index is 784. The highest BCUT2D eigenvalue weighted by atomic mass is 127. The first-order valence-electron chi connectivity index (χ1n) is 6.15. The summed E-state index contributed by atoms with van der Waals surface area (Å²) in [7, 11) is 0. The van der Waals surface area contributed by atoms with Crippen molar-refractivity contribution in [3.63, 3.8) is 0 Å². The van der Waals surface area contributed by atoms with Crippen molar-refractivity contribution in [1.29, 1.82) is 0 Å². The summed E-state index contributed by atoms with van der Waals surface area (Å²) in [4.78, 5) is 18.8. The zero-order valence-electron chi connectivity index (χ0n) is 11.0. The van der Waals surface area contributed by atoms with E-state index >= 15 is 0 Å². The van der Waals surface area contributed by atoms with E-state index < -0.39 is 0 Å². The molecule has 0 radical (unpaired) electrons. The second kappa shape index (κ2) is 5.50. The third kappa shape index (κ3) is 2.40. The number of aromatic amines is 1. The van der Waals surface area contributed by atoms with Gasteiger partial charge in [0.1, 0.15) is 5.69 Å². The van der Waals surface area contributed by atoms with E-state index in [9.17, 15) is 4.79 Å². The van der Waals surface area contributed by atoms with E-state index in [1.165, 1.54) is 14.6 Å². The van der Waals surface area contributed by atoms with Crippen LogP contribution in [0, 0.1) is 10.5 Å². The van der Waals surface area contributed by atoms with Crippen LogP contribution in [0.2, 0.25) is 0 Å². The minimum atomic E-state index is -0.284. The largest absolute Gasteiger partial charge is 0.461 e. The van der Waals surface area contributed by atoms with Crippen molar-refractivity contribution in [3.05, 3.63) is 32.3 Å². The summed E-state index contributed by atoms with van der Waals surface area (Å²) < 4.78 is 7.12. The Balaban J connectivity index is 2.04. The van der Waals surface area contributed by atoms with E-state index in [-0.39, 0.29) is 5.97 Å². The molecule has 3 nitrogen and oxygen atoms in total. The predicted octanol–water partition coefficient (Wildman–Crippen LogP) is 5.05. The number of thiophene rings is 2. The third-order valence-electron chi connectivity index (χ3n) is 2.87. The molecule has 6 heteroatoms. The molecule has 0 aromatic carbocycles. The van der Waals surface area contributed by atoms with Crippen molar-refractivity contribution in [2.24, 2.45) is 0 Å². The van der Waals surface area contributed by atoms with E-state index in [4.69, 9.17) is 4.74 Å². The second-order valence-corrected chi connectivity index (χ2v) is 7.72. The monoisotopic (exact) mass is 417 g/mol. The lowest BCUT2D eigenvalue weighted by Gasteiger charge is -1.99. The van der Waals surface area contributed by atoms with Gasteiger partial charge in [0.25, 0.3) is 0 Å². The van der Waals surface area contributed by atoms with Gasteiger partial charge in [0.2, 0.25) is 0 Å². The Labute approximate surface area is 138 Å². The van der Waals surface area contributed by atoms with Crippen molar-refractivity contribution in [2.75, 3.05) is 6.61 Å². The highest BCUT2D eigenvalue weighted by Crippen LogP contribution is 2.39. The number of carbonyl (C=O) groups excluding carboxylic acids is 1. The summed E-state index contributed by atoms with van der Waals surface area (Å²) in [6.45, 7) is 4.31. The number of halogens is 1. The summed E-state index contributed by atoms with van der Waals surface area (Å²) in [6.07, 6.45) is 0. The lowest BCUT2D eigenvalue weighted by molar-refractivity contribution is 0.0519. The maximum Gasteiger partial charge on any atom is 0.355 e. The quantitative estimate of drug-likeness (QED) is 0.479. The number of fused-ring (bicyclic) bond motifs is 1. The van der Waals surface area contributed by atoms with Gasteiger partial charge >= 0.3 is 5.97 Å². The molecule has 0 spiro atoms. The van der Waals surface area contributed by atoms with Gasteiger partial charge in [-0.1, -0.05) is 0 Å². The number of hydrogen-bond donors (Lipinski definition) is 1. The zero-order valence-corrected chi connectivity index (χ0v) is 14.7.